The SMILES string of the molecule is CCOC(=O)c1c(-c2ccc(OCC)cc2)csc1NC(=O)CCCCl. The lowest BCUT2D eigenvalue weighted by molar-refractivity contribution is -0.116. The van der Waals surface area contributed by atoms with Gasteiger partial charge in [-0.3, -0.25) is 4.79 Å². The Morgan fingerprint density at radius 3 is 2.50 bits per heavy atom. The zero-order valence-corrected chi connectivity index (χ0v) is 16.4. The lowest BCUT2D eigenvalue weighted by Crippen LogP contribution is -2.14. The zero-order valence-electron chi connectivity index (χ0n) is 14.8. The highest BCUT2D eigenvalue weighted by molar-refractivity contribution is 7.15. The first-order valence-corrected chi connectivity index (χ1v) is 9.89. The Morgan fingerprint density at radius 2 is 1.88 bits per heavy atom. The summed E-state index contributed by atoms with van der Waals surface area (Å²) in [7, 11) is 0. The van der Waals surface area contributed by atoms with Crippen LogP contribution < -0.4 is 10.1 Å². The van der Waals surface area contributed by atoms with Crippen molar-refractivity contribution in [2.45, 2.75) is 26.7 Å². The molecular weight excluding hydrogens is 374 g/mol. The summed E-state index contributed by atoms with van der Waals surface area (Å²) in [6, 6.07) is 7.47. The second-order valence-corrected chi connectivity index (χ2v) is 6.63. The van der Waals surface area contributed by atoms with Crippen LogP contribution in [0.4, 0.5) is 5.00 Å². The fraction of sp³-hybridized carbons (Fsp3) is 0.368. The monoisotopic (exact) mass is 395 g/mol. The number of carbonyl (C=O) groups excluding carboxylic acids is 2. The van der Waals surface area contributed by atoms with Crippen molar-refractivity contribution in [1.82, 2.24) is 0 Å². The van der Waals surface area contributed by atoms with Gasteiger partial charge >= 0.3 is 5.97 Å². The molecule has 140 valence electrons. The number of halogens is 1. The van der Waals surface area contributed by atoms with Crippen LogP contribution in [0.5, 0.6) is 5.75 Å². The molecule has 5 nitrogen and oxygen atoms in total. The lowest BCUT2D eigenvalue weighted by atomic mass is 10.0. The first-order chi connectivity index (χ1) is 12.6. The van der Waals surface area contributed by atoms with E-state index in [0.29, 0.717) is 35.9 Å². The van der Waals surface area contributed by atoms with Crippen molar-refractivity contribution in [3.63, 3.8) is 0 Å². The van der Waals surface area contributed by atoms with E-state index in [-0.39, 0.29) is 12.5 Å². The van der Waals surface area contributed by atoms with Gasteiger partial charge in [0, 0.05) is 23.2 Å². The van der Waals surface area contributed by atoms with E-state index in [1.165, 1.54) is 11.3 Å². The Labute approximate surface area is 162 Å². The summed E-state index contributed by atoms with van der Waals surface area (Å²) in [6.07, 6.45) is 0.890. The topological polar surface area (TPSA) is 64.6 Å². The standard InChI is InChI=1S/C19H22ClNO4S/c1-3-24-14-9-7-13(8-10-14)15-12-26-18(17(15)19(23)25-4-2)21-16(22)6-5-11-20/h7-10,12H,3-6,11H2,1-2H3,(H,21,22). The van der Waals surface area contributed by atoms with Crippen LogP contribution in [0.1, 0.15) is 37.0 Å². The molecule has 1 aromatic carbocycles. The number of carbonyl (C=O) groups is 2. The Morgan fingerprint density at radius 1 is 1.15 bits per heavy atom. The van der Waals surface area contributed by atoms with Gasteiger partial charge in [0.25, 0.3) is 0 Å². The fourth-order valence-corrected chi connectivity index (χ4v) is 3.49. The van der Waals surface area contributed by atoms with Gasteiger partial charge in [-0.05, 0) is 38.0 Å². The van der Waals surface area contributed by atoms with E-state index in [9.17, 15) is 9.59 Å². The summed E-state index contributed by atoms with van der Waals surface area (Å²) >= 11 is 6.93. The predicted molar refractivity (Wildman–Crippen MR) is 105 cm³/mol. The molecule has 0 aliphatic rings. The van der Waals surface area contributed by atoms with Gasteiger partial charge in [0.15, 0.2) is 0 Å². The molecule has 0 aliphatic carbocycles. The van der Waals surface area contributed by atoms with Crippen molar-refractivity contribution < 1.29 is 19.1 Å². The smallest absolute Gasteiger partial charge is 0.341 e. The van der Waals surface area contributed by atoms with Crippen LogP contribution in [0.2, 0.25) is 0 Å². The molecule has 0 radical (unpaired) electrons. The van der Waals surface area contributed by atoms with Crippen LogP contribution in [0.25, 0.3) is 11.1 Å². The summed E-state index contributed by atoms with van der Waals surface area (Å²) in [5.74, 6) is 0.556. The number of amides is 1. The molecule has 0 fully saturated rings. The molecule has 7 heteroatoms. The molecule has 0 atom stereocenters. The number of alkyl halides is 1. The molecular formula is C19H22ClNO4S. The highest BCUT2D eigenvalue weighted by atomic mass is 35.5. The van der Waals surface area contributed by atoms with Crippen molar-refractivity contribution >= 4 is 39.8 Å². The maximum absolute atomic E-state index is 12.5. The van der Waals surface area contributed by atoms with E-state index >= 15 is 0 Å². The number of esters is 1. The van der Waals surface area contributed by atoms with E-state index in [1.807, 2.05) is 36.6 Å². The Bertz CT molecular complexity index is 742. The molecule has 0 unspecified atom stereocenters. The summed E-state index contributed by atoms with van der Waals surface area (Å²) < 4.78 is 10.6. The summed E-state index contributed by atoms with van der Waals surface area (Å²) in [5, 5.41) is 5.14. The van der Waals surface area contributed by atoms with Gasteiger partial charge in [-0.15, -0.1) is 22.9 Å². The van der Waals surface area contributed by atoms with Crippen LogP contribution in [0.15, 0.2) is 29.6 Å². The van der Waals surface area contributed by atoms with Crippen molar-refractivity contribution in [3.8, 4) is 16.9 Å². The maximum atomic E-state index is 12.5. The van der Waals surface area contributed by atoms with Crippen LogP contribution in [-0.4, -0.2) is 31.0 Å². The number of nitrogens with one attached hydrogen (secondary N) is 1. The molecule has 1 aromatic heterocycles. The third-order valence-corrected chi connectivity index (χ3v) is 4.70. The van der Waals surface area contributed by atoms with Crippen LogP contribution in [-0.2, 0) is 9.53 Å². The van der Waals surface area contributed by atoms with E-state index < -0.39 is 5.97 Å². The van der Waals surface area contributed by atoms with Gasteiger partial charge < -0.3 is 14.8 Å². The number of thiophene rings is 1. The molecule has 0 spiro atoms. The third-order valence-electron chi connectivity index (χ3n) is 3.54. The highest BCUT2D eigenvalue weighted by Gasteiger charge is 2.22. The van der Waals surface area contributed by atoms with Crippen molar-refractivity contribution in [1.29, 1.82) is 0 Å². The van der Waals surface area contributed by atoms with Gasteiger partial charge in [-0.25, -0.2) is 4.79 Å². The normalized spacial score (nSPS) is 10.4. The number of hydrogen-bond acceptors (Lipinski definition) is 5. The van der Waals surface area contributed by atoms with Crippen LogP contribution >= 0.6 is 22.9 Å². The minimum absolute atomic E-state index is 0.170. The molecule has 2 aromatic rings. The summed E-state index contributed by atoms with van der Waals surface area (Å²) in [4.78, 5) is 24.5. The predicted octanol–water partition coefficient (Wildman–Crippen LogP) is 4.95. The summed E-state index contributed by atoms with van der Waals surface area (Å²) in [5.41, 5.74) is 1.96. The molecule has 1 N–H and O–H groups in total. The number of hydrogen-bond donors (Lipinski definition) is 1. The number of ether oxygens (including phenoxy) is 2. The Balaban J connectivity index is 2.33. The largest absolute Gasteiger partial charge is 0.494 e. The Kier molecular flexibility index (Phi) is 7.94. The molecule has 2 rings (SSSR count). The summed E-state index contributed by atoms with van der Waals surface area (Å²) in [6.45, 7) is 4.52. The van der Waals surface area contributed by atoms with Gasteiger partial charge in [-0.2, -0.15) is 0 Å². The van der Waals surface area contributed by atoms with Gasteiger partial charge in [0.1, 0.15) is 16.3 Å². The molecule has 0 saturated carbocycles. The Hall–Kier alpha value is -2.05. The second-order valence-electron chi connectivity index (χ2n) is 5.37. The van der Waals surface area contributed by atoms with E-state index in [4.69, 9.17) is 21.1 Å². The number of benzene rings is 1. The van der Waals surface area contributed by atoms with E-state index in [0.717, 1.165) is 16.9 Å². The number of rotatable bonds is 9. The van der Waals surface area contributed by atoms with E-state index in [1.54, 1.807) is 6.92 Å². The molecule has 1 heterocycles. The van der Waals surface area contributed by atoms with Crippen LogP contribution in [0.3, 0.4) is 0 Å². The van der Waals surface area contributed by atoms with Crippen molar-refractivity contribution in [2.24, 2.45) is 0 Å². The van der Waals surface area contributed by atoms with Crippen molar-refractivity contribution in [3.05, 3.63) is 35.2 Å². The fourth-order valence-electron chi connectivity index (χ4n) is 2.38. The minimum atomic E-state index is -0.453. The van der Waals surface area contributed by atoms with E-state index in [2.05, 4.69) is 5.32 Å². The zero-order chi connectivity index (χ0) is 18.9. The quantitative estimate of drug-likeness (QED) is 0.482. The first-order valence-electron chi connectivity index (χ1n) is 8.48. The number of anilines is 1. The van der Waals surface area contributed by atoms with Crippen LogP contribution in [0, 0.1) is 0 Å². The molecule has 26 heavy (non-hydrogen) atoms. The lowest BCUT2D eigenvalue weighted by Gasteiger charge is -2.09. The third kappa shape index (κ3) is 5.22. The average molecular weight is 396 g/mol. The van der Waals surface area contributed by atoms with Crippen molar-refractivity contribution in [2.75, 3.05) is 24.4 Å². The maximum Gasteiger partial charge on any atom is 0.341 e. The molecule has 0 aliphatic heterocycles. The van der Waals surface area contributed by atoms with Gasteiger partial charge in [-0.1, -0.05) is 12.1 Å². The first kappa shape index (κ1) is 20.3. The molecule has 1 amide bonds. The minimum Gasteiger partial charge on any atom is -0.494 e. The second kappa shape index (κ2) is 10.2. The van der Waals surface area contributed by atoms with Gasteiger partial charge in [0.2, 0.25) is 5.91 Å². The van der Waals surface area contributed by atoms with Gasteiger partial charge in [0.05, 0.1) is 13.2 Å². The molecule has 0 saturated heterocycles. The average Bonchev–Trinajstić information content (AvgIpc) is 3.04. The highest BCUT2D eigenvalue weighted by Crippen LogP contribution is 2.37. The molecule has 0 bridgehead atoms.